The molecule has 1 aromatic rings. The number of rotatable bonds is 6. The van der Waals surface area contributed by atoms with E-state index in [1.807, 2.05) is 0 Å². The van der Waals surface area contributed by atoms with Crippen molar-refractivity contribution in [2.45, 2.75) is 44.0 Å². The Hall–Kier alpha value is -1.41. The van der Waals surface area contributed by atoms with Crippen molar-refractivity contribution in [1.82, 2.24) is 15.2 Å². The third kappa shape index (κ3) is 3.54. The molecule has 8 heteroatoms. The Kier molecular flexibility index (Phi) is 3.91. The number of hydrogen-bond donors (Lipinski definition) is 2. The smallest absolute Gasteiger partial charge is 0.245 e. The second kappa shape index (κ2) is 5.30. The fourth-order valence-electron chi connectivity index (χ4n) is 1.76. The molecule has 0 aliphatic heterocycles. The van der Waals surface area contributed by atoms with Crippen molar-refractivity contribution in [3.05, 3.63) is 11.5 Å². The molecule has 1 aromatic heterocycles. The van der Waals surface area contributed by atoms with Gasteiger partial charge in [0.15, 0.2) is 5.76 Å². The number of hydrogen-bond acceptors (Lipinski definition) is 5. The van der Waals surface area contributed by atoms with Crippen molar-refractivity contribution >= 4 is 15.9 Å². The van der Waals surface area contributed by atoms with Crippen molar-refractivity contribution < 1.29 is 17.7 Å². The predicted molar refractivity (Wildman–Crippen MR) is 66.9 cm³/mol. The molecule has 1 heterocycles. The summed E-state index contributed by atoms with van der Waals surface area (Å²) in [5.41, 5.74) is 0.312. The Balaban J connectivity index is 1.89. The van der Waals surface area contributed by atoms with Crippen LogP contribution in [-0.4, -0.2) is 32.1 Å². The Labute approximate surface area is 111 Å². The van der Waals surface area contributed by atoms with Crippen LogP contribution in [0.25, 0.3) is 0 Å². The summed E-state index contributed by atoms with van der Waals surface area (Å²) in [7, 11) is -3.67. The van der Waals surface area contributed by atoms with Gasteiger partial charge in [-0.05, 0) is 26.7 Å². The average Bonchev–Trinajstić information content (AvgIpc) is 3.03. The van der Waals surface area contributed by atoms with Crippen LogP contribution in [0.5, 0.6) is 0 Å². The largest absolute Gasteiger partial charge is 0.360 e. The number of amides is 1. The zero-order valence-electron chi connectivity index (χ0n) is 10.9. The number of nitrogens with one attached hydrogen (secondary N) is 2. The summed E-state index contributed by atoms with van der Waals surface area (Å²) in [5.74, 6) is 0.108. The first-order chi connectivity index (χ1) is 8.90. The number of carbonyl (C=O) groups excluding carboxylic acids is 1. The number of carbonyl (C=O) groups is 1. The maximum atomic E-state index is 12.0. The maximum absolute atomic E-state index is 12.0. The molecule has 1 aliphatic carbocycles. The molecule has 0 bridgehead atoms. The summed E-state index contributed by atoms with van der Waals surface area (Å²) in [6.45, 7) is 3.16. The van der Waals surface area contributed by atoms with Gasteiger partial charge in [0.2, 0.25) is 15.9 Å². The van der Waals surface area contributed by atoms with Gasteiger partial charge in [-0.25, -0.2) is 13.1 Å². The molecule has 1 fully saturated rings. The highest BCUT2D eigenvalue weighted by Gasteiger charge is 2.25. The van der Waals surface area contributed by atoms with Crippen LogP contribution >= 0.6 is 0 Å². The van der Waals surface area contributed by atoms with Crippen molar-refractivity contribution in [2.24, 2.45) is 0 Å². The topological polar surface area (TPSA) is 101 Å². The minimum atomic E-state index is -3.67. The molecular weight excluding hydrogens is 270 g/mol. The normalized spacial score (nSPS) is 15.5. The molecule has 106 valence electrons. The van der Waals surface area contributed by atoms with Gasteiger partial charge in [-0.1, -0.05) is 5.16 Å². The van der Waals surface area contributed by atoms with E-state index in [0.717, 1.165) is 12.8 Å². The summed E-state index contributed by atoms with van der Waals surface area (Å²) in [6, 6.07) is 0.284. The monoisotopic (exact) mass is 287 g/mol. The lowest BCUT2D eigenvalue weighted by Gasteiger charge is -2.06. The first kappa shape index (κ1) is 14.0. The van der Waals surface area contributed by atoms with Crippen LogP contribution in [0.15, 0.2) is 9.42 Å². The second-order valence-corrected chi connectivity index (χ2v) is 6.35. The lowest BCUT2D eigenvalue weighted by Crippen LogP contribution is -2.32. The van der Waals surface area contributed by atoms with E-state index in [4.69, 9.17) is 4.52 Å². The van der Waals surface area contributed by atoms with Crippen molar-refractivity contribution in [3.63, 3.8) is 0 Å². The van der Waals surface area contributed by atoms with Gasteiger partial charge in [-0.2, -0.15) is 0 Å². The number of aryl methyl sites for hydroxylation is 2. The van der Waals surface area contributed by atoms with Crippen LogP contribution < -0.4 is 10.0 Å². The number of nitrogens with zero attached hydrogens (tertiary/aromatic N) is 1. The van der Waals surface area contributed by atoms with Gasteiger partial charge >= 0.3 is 0 Å². The van der Waals surface area contributed by atoms with E-state index in [9.17, 15) is 13.2 Å². The molecule has 0 aromatic carbocycles. The van der Waals surface area contributed by atoms with Crippen LogP contribution in [0, 0.1) is 13.8 Å². The Bertz CT molecular complexity index is 555. The highest BCUT2D eigenvalue weighted by Crippen LogP contribution is 2.19. The second-order valence-electron chi connectivity index (χ2n) is 4.64. The highest BCUT2D eigenvalue weighted by molar-refractivity contribution is 7.89. The first-order valence-corrected chi connectivity index (χ1v) is 7.60. The van der Waals surface area contributed by atoms with Gasteiger partial charge in [0.1, 0.15) is 10.6 Å². The maximum Gasteiger partial charge on any atom is 0.245 e. The predicted octanol–water partition coefficient (Wildman–Crippen LogP) is 0.238. The van der Waals surface area contributed by atoms with E-state index in [-0.39, 0.29) is 35.6 Å². The van der Waals surface area contributed by atoms with E-state index in [2.05, 4.69) is 15.2 Å². The van der Waals surface area contributed by atoms with Gasteiger partial charge in [-0.3, -0.25) is 4.79 Å². The molecule has 0 atom stereocenters. The molecule has 1 saturated carbocycles. The summed E-state index contributed by atoms with van der Waals surface area (Å²) in [5, 5.41) is 6.39. The molecule has 0 radical (unpaired) electrons. The third-order valence-corrected chi connectivity index (χ3v) is 4.53. The van der Waals surface area contributed by atoms with Gasteiger partial charge in [0.25, 0.3) is 0 Å². The van der Waals surface area contributed by atoms with E-state index < -0.39 is 10.0 Å². The molecule has 2 rings (SSSR count). The van der Waals surface area contributed by atoms with Gasteiger partial charge in [0, 0.05) is 19.0 Å². The summed E-state index contributed by atoms with van der Waals surface area (Å²) >= 11 is 0. The lowest BCUT2D eigenvalue weighted by molar-refractivity contribution is -0.121. The van der Waals surface area contributed by atoms with E-state index in [1.165, 1.54) is 6.92 Å². The van der Waals surface area contributed by atoms with Crippen LogP contribution in [0.4, 0.5) is 0 Å². The van der Waals surface area contributed by atoms with Crippen LogP contribution in [0.3, 0.4) is 0 Å². The van der Waals surface area contributed by atoms with E-state index in [1.54, 1.807) is 6.92 Å². The molecular formula is C11H17N3O4S. The molecule has 7 nitrogen and oxygen atoms in total. The SMILES string of the molecule is Cc1noc(C)c1S(=O)(=O)NCCC(=O)NC1CC1. The fourth-order valence-corrected chi connectivity index (χ4v) is 3.11. The van der Waals surface area contributed by atoms with Crippen molar-refractivity contribution in [3.8, 4) is 0 Å². The minimum absolute atomic E-state index is 0.0510. The molecule has 2 N–H and O–H groups in total. The Morgan fingerprint density at radius 1 is 1.42 bits per heavy atom. The van der Waals surface area contributed by atoms with Crippen molar-refractivity contribution in [2.75, 3.05) is 6.54 Å². The Morgan fingerprint density at radius 2 is 2.11 bits per heavy atom. The third-order valence-electron chi connectivity index (χ3n) is 2.82. The molecule has 0 unspecified atom stereocenters. The average molecular weight is 287 g/mol. The highest BCUT2D eigenvalue weighted by atomic mass is 32.2. The van der Waals surface area contributed by atoms with Crippen LogP contribution in [-0.2, 0) is 14.8 Å². The zero-order valence-corrected chi connectivity index (χ0v) is 11.7. The van der Waals surface area contributed by atoms with Gasteiger partial charge in [-0.15, -0.1) is 0 Å². The van der Waals surface area contributed by atoms with Crippen molar-refractivity contribution in [1.29, 1.82) is 0 Å². The molecule has 0 spiro atoms. The van der Waals surface area contributed by atoms with Gasteiger partial charge in [0.05, 0.1) is 0 Å². The fraction of sp³-hybridized carbons (Fsp3) is 0.636. The summed E-state index contributed by atoms with van der Waals surface area (Å²) in [4.78, 5) is 11.5. The van der Waals surface area contributed by atoms with E-state index in [0.29, 0.717) is 5.69 Å². The van der Waals surface area contributed by atoms with Crippen LogP contribution in [0.2, 0.25) is 0 Å². The number of sulfonamides is 1. The van der Waals surface area contributed by atoms with Gasteiger partial charge < -0.3 is 9.84 Å². The molecule has 1 amide bonds. The van der Waals surface area contributed by atoms with Crippen LogP contribution in [0.1, 0.15) is 30.7 Å². The lowest BCUT2D eigenvalue weighted by atomic mass is 10.4. The molecule has 19 heavy (non-hydrogen) atoms. The minimum Gasteiger partial charge on any atom is -0.360 e. The quantitative estimate of drug-likeness (QED) is 0.780. The summed E-state index contributed by atoms with van der Waals surface area (Å²) in [6.07, 6.45) is 2.15. The Morgan fingerprint density at radius 3 is 2.63 bits per heavy atom. The standard InChI is InChI=1S/C11H17N3O4S/c1-7-11(8(2)18-14-7)19(16,17)12-6-5-10(15)13-9-3-4-9/h9,12H,3-6H2,1-2H3,(H,13,15). The first-order valence-electron chi connectivity index (χ1n) is 6.12. The molecule has 1 aliphatic rings. The van der Waals surface area contributed by atoms with E-state index >= 15 is 0 Å². The number of aromatic nitrogens is 1. The molecule has 0 saturated heterocycles. The summed E-state index contributed by atoms with van der Waals surface area (Å²) < 4.78 is 31.2. The zero-order chi connectivity index (χ0) is 14.0.